The third kappa shape index (κ3) is 4.32. The van der Waals surface area contributed by atoms with E-state index in [0.29, 0.717) is 0 Å². The number of benzene rings is 1. The average Bonchev–Trinajstić information content (AvgIpc) is 2.88. The molecule has 0 aliphatic heterocycles. The van der Waals surface area contributed by atoms with Crippen LogP contribution >= 0.6 is 15.9 Å². The summed E-state index contributed by atoms with van der Waals surface area (Å²) >= 11 is 3.59. The molecule has 0 amide bonds. The zero-order valence-electron chi connectivity index (χ0n) is 12.8. The molecule has 2 aromatic rings. The van der Waals surface area contributed by atoms with Crippen molar-refractivity contribution < 1.29 is 4.74 Å². The highest BCUT2D eigenvalue weighted by molar-refractivity contribution is 9.10. The predicted octanol–water partition coefficient (Wildman–Crippen LogP) is 4.43. The Morgan fingerprint density at radius 3 is 2.67 bits per heavy atom. The highest BCUT2D eigenvalue weighted by Crippen LogP contribution is 2.26. The topological polar surface area (TPSA) is 39.1 Å². The molecule has 0 fully saturated rings. The number of hydrogen-bond acceptors (Lipinski definition) is 3. The van der Waals surface area contributed by atoms with Gasteiger partial charge in [-0.1, -0.05) is 15.9 Å². The molecular weight excluding hydrogens is 330 g/mol. The first-order chi connectivity index (χ1) is 10.1. The van der Waals surface area contributed by atoms with E-state index in [1.54, 1.807) is 0 Å². The Kier molecular flexibility index (Phi) is 5.82. The number of hydrogen-bond donors (Lipinski definition) is 1. The van der Waals surface area contributed by atoms with Crippen molar-refractivity contribution >= 4 is 27.6 Å². The molecule has 4 nitrogen and oxygen atoms in total. The van der Waals surface area contributed by atoms with Gasteiger partial charge in [-0.25, -0.2) is 4.98 Å². The summed E-state index contributed by atoms with van der Waals surface area (Å²) in [7, 11) is 0. The molecule has 1 aromatic carbocycles. The molecule has 1 aromatic heterocycles. The molecule has 1 heterocycles. The summed E-state index contributed by atoms with van der Waals surface area (Å²) in [6.07, 6.45) is 4.80. The maximum atomic E-state index is 5.38. The SMILES string of the molecule is CCOCCCn1ccnc1Nc1cc(C)c(Br)c(C)c1. The van der Waals surface area contributed by atoms with E-state index >= 15 is 0 Å². The molecular formula is C16H22BrN3O. The summed E-state index contributed by atoms with van der Waals surface area (Å²) in [5, 5.41) is 3.39. The Morgan fingerprint density at radius 2 is 2.00 bits per heavy atom. The molecule has 0 spiro atoms. The lowest BCUT2D eigenvalue weighted by molar-refractivity contribution is 0.142. The second-order valence-corrected chi connectivity index (χ2v) is 5.84. The molecule has 0 bridgehead atoms. The number of anilines is 2. The molecule has 114 valence electrons. The number of nitrogens with one attached hydrogen (secondary N) is 1. The lowest BCUT2D eigenvalue weighted by Gasteiger charge is -2.12. The molecule has 0 saturated heterocycles. The Hall–Kier alpha value is -1.33. The van der Waals surface area contributed by atoms with Gasteiger partial charge in [0.1, 0.15) is 0 Å². The van der Waals surface area contributed by atoms with Crippen molar-refractivity contribution in [2.45, 2.75) is 33.7 Å². The fourth-order valence-electron chi connectivity index (χ4n) is 2.24. The van der Waals surface area contributed by atoms with E-state index in [1.165, 1.54) is 11.1 Å². The van der Waals surface area contributed by atoms with Gasteiger partial charge in [0.15, 0.2) is 0 Å². The van der Waals surface area contributed by atoms with Crippen molar-refractivity contribution in [3.05, 3.63) is 40.1 Å². The second-order valence-electron chi connectivity index (χ2n) is 5.04. The van der Waals surface area contributed by atoms with Crippen LogP contribution in [0.3, 0.4) is 0 Å². The minimum absolute atomic E-state index is 0.770. The van der Waals surface area contributed by atoms with E-state index in [1.807, 2.05) is 19.3 Å². The molecule has 0 unspecified atom stereocenters. The predicted molar refractivity (Wildman–Crippen MR) is 90.2 cm³/mol. The van der Waals surface area contributed by atoms with Gasteiger partial charge in [0.05, 0.1) is 0 Å². The summed E-state index contributed by atoms with van der Waals surface area (Å²) in [6, 6.07) is 4.24. The van der Waals surface area contributed by atoms with E-state index in [0.717, 1.165) is 42.3 Å². The first-order valence-corrected chi connectivity index (χ1v) is 8.03. The van der Waals surface area contributed by atoms with E-state index in [9.17, 15) is 0 Å². The summed E-state index contributed by atoms with van der Waals surface area (Å²) in [5.41, 5.74) is 3.49. The van der Waals surface area contributed by atoms with Gasteiger partial charge in [-0.05, 0) is 50.5 Å². The van der Waals surface area contributed by atoms with E-state index in [-0.39, 0.29) is 0 Å². The van der Waals surface area contributed by atoms with Gasteiger partial charge >= 0.3 is 0 Å². The fourth-order valence-corrected chi connectivity index (χ4v) is 2.47. The lowest BCUT2D eigenvalue weighted by Crippen LogP contribution is -2.06. The number of nitrogens with zero attached hydrogens (tertiary/aromatic N) is 2. The normalized spacial score (nSPS) is 10.9. The molecule has 5 heteroatoms. The molecule has 0 aliphatic rings. The van der Waals surface area contributed by atoms with E-state index in [4.69, 9.17) is 4.74 Å². The Morgan fingerprint density at radius 1 is 1.29 bits per heavy atom. The number of aryl methyl sites for hydroxylation is 3. The van der Waals surface area contributed by atoms with Crippen molar-refractivity contribution in [1.29, 1.82) is 0 Å². The van der Waals surface area contributed by atoms with Crippen LogP contribution in [0.5, 0.6) is 0 Å². The van der Waals surface area contributed by atoms with Crippen molar-refractivity contribution in [3.63, 3.8) is 0 Å². The fraction of sp³-hybridized carbons (Fsp3) is 0.438. The highest BCUT2D eigenvalue weighted by Gasteiger charge is 2.06. The summed E-state index contributed by atoms with van der Waals surface area (Å²) in [5.74, 6) is 0.868. The minimum Gasteiger partial charge on any atom is -0.382 e. The van der Waals surface area contributed by atoms with Gasteiger partial charge in [-0.2, -0.15) is 0 Å². The molecule has 0 atom stereocenters. The lowest BCUT2D eigenvalue weighted by atomic mass is 10.1. The molecule has 2 rings (SSSR count). The number of ether oxygens (including phenoxy) is 1. The van der Waals surface area contributed by atoms with Crippen molar-refractivity contribution in [1.82, 2.24) is 9.55 Å². The van der Waals surface area contributed by atoms with Crippen LogP contribution in [0.2, 0.25) is 0 Å². The molecule has 0 radical (unpaired) electrons. The van der Waals surface area contributed by atoms with E-state index in [2.05, 4.69) is 56.8 Å². The van der Waals surface area contributed by atoms with Crippen LogP contribution in [0, 0.1) is 13.8 Å². The standard InChI is InChI=1S/C16H22BrN3O/c1-4-21-9-5-7-20-8-6-18-16(20)19-14-10-12(2)15(17)13(3)11-14/h6,8,10-11H,4-5,7,9H2,1-3H3,(H,18,19). The monoisotopic (exact) mass is 351 g/mol. The Bertz CT molecular complexity index is 572. The van der Waals surface area contributed by atoms with E-state index < -0.39 is 0 Å². The smallest absolute Gasteiger partial charge is 0.207 e. The number of halogens is 1. The maximum absolute atomic E-state index is 5.38. The average molecular weight is 352 g/mol. The molecule has 21 heavy (non-hydrogen) atoms. The van der Waals surface area contributed by atoms with Gasteiger partial charge < -0.3 is 14.6 Å². The van der Waals surface area contributed by atoms with Crippen molar-refractivity contribution in [2.75, 3.05) is 18.5 Å². The van der Waals surface area contributed by atoms with Gasteiger partial charge in [-0.15, -0.1) is 0 Å². The second kappa shape index (κ2) is 7.61. The number of aromatic nitrogens is 2. The van der Waals surface area contributed by atoms with Crippen molar-refractivity contribution in [2.24, 2.45) is 0 Å². The van der Waals surface area contributed by atoms with Crippen molar-refractivity contribution in [3.8, 4) is 0 Å². The highest BCUT2D eigenvalue weighted by atomic mass is 79.9. The molecule has 1 N–H and O–H groups in total. The van der Waals surface area contributed by atoms with Crippen LogP contribution in [0.25, 0.3) is 0 Å². The van der Waals surface area contributed by atoms with Crippen LogP contribution in [-0.2, 0) is 11.3 Å². The summed E-state index contributed by atoms with van der Waals surface area (Å²) < 4.78 is 8.65. The third-order valence-corrected chi connectivity index (χ3v) is 4.55. The van der Waals surface area contributed by atoms with Crippen LogP contribution < -0.4 is 5.32 Å². The first kappa shape index (κ1) is 16.0. The summed E-state index contributed by atoms with van der Waals surface area (Å²) in [4.78, 5) is 4.39. The quantitative estimate of drug-likeness (QED) is 0.749. The Labute approximate surface area is 134 Å². The largest absolute Gasteiger partial charge is 0.382 e. The molecule has 0 saturated carbocycles. The zero-order valence-corrected chi connectivity index (χ0v) is 14.4. The summed E-state index contributed by atoms with van der Waals surface area (Å²) in [6.45, 7) is 8.66. The van der Waals surface area contributed by atoms with Crippen LogP contribution in [0.15, 0.2) is 29.0 Å². The van der Waals surface area contributed by atoms with Gasteiger partial charge in [0, 0.05) is 42.3 Å². The first-order valence-electron chi connectivity index (χ1n) is 7.24. The minimum atomic E-state index is 0.770. The number of rotatable bonds is 7. The van der Waals surface area contributed by atoms with Crippen LogP contribution in [-0.4, -0.2) is 22.8 Å². The van der Waals surface area contributed by atoms with Crippen LogP contribution in [0.4, 0.5) is 11.6 Å². The zero-order chi connectivity index (χ0) is 15.2. The van der Waals surface area contributed by atoms with Gasteiger partial charge in [-0.3, -0.25) is 0 Å². The third-order valence-electron chi connectivity index (χ3n) is 3.30. The van der Waals surface area contributed by atoms with Gasteiger partial charge in [0.2, 0.25) is 5.95 Å². The Balaban J connectivity index is 2.05. The van der Waals surface area contributed by atoms with Crippen LogP contribution in [0.1, 0.15) is 24.5 Å². The van der Waals surface area contributed by atoms with Gasteiger partial charge in [0.25, 0.3) is 0 Å². The molecule has 0 aliphatic carbocycles. The maximum Gasteiger partial charge on any atom is 0.207 e. The number of imidazole rings is 1.